The van der Waals surface area contributed by atoms with Crippen LogP contribution in [0.5, 0.6) is 0 Å². The number of likely N-dealkylation sites (tertiary alicyclic amines) is 1. The molecule has 2 N–H and O–H groups in total. The number of rotatable bonds is 3. The van der Waals surface area contributed by atoms with Crippen molar-refractivity contribution in [2.45, 2.75) is 30.8 Å². The third-order valence-corrected chi connectivity index (χ3v) is 6.19. The number of amides is 3. The molecule has 3 atom stereocenters. The van der Waals surface area contributed by atoms with E-state index in [2.05, 4.69) is 5.32 Å². The Bertz CT molecular complexity index is 977. The molecule has 2 aromatic rings. The molecule has 150 valence electrons. The van der Waals surface area contributed by atoms with Gasteiger partial charge in [-0.25, -0.2) is 9.18 Å². The summed E-state index contributed by atoms with van der Waals surface area (Å²) in [6.45, 7) is 0.229. The first-order chi connectivity index (χ1) is 14.1. The zero-order chi connectivity index (χ0) is 20.1. The third-order valence-electron chi connectivity index (χ3n) is 6.19. The summed E-state index contributed by atoms with van der Waals surface area (Å²) in [4.78, 5) is 29.2. The van der Waals surface area contributed by atoms with Crippen LogP contribution in [0.4, 0.5) is 20.6 Å². The van der Waals surface area contributed by atoms with E-state index in [4.69, 9.17) is 0 Å². The van der Waals surface area contributed by atoms with E-state index < -0.39 is 11.8 Å². The van der Waals surface area contributed by atoms with Crippen molar-refractivity contribution in [1.82, 2.24) is 4.90 Å². The molecule has 0 radical (unpaired) electrons. The van der Waals surface area contributed by atoms with Crippen LogP contribution in [0.3, 0.4) is 0 Å². The quantitative estimate of drug-likeness (QED) is 0.839. The van der Waals surface area contributed by atoms with Gasteiger partial charge in [0.1, 0.15) is 5.82 Å². The molecule has 2 heterocycles. The molecule has 0 spiro atoms. The molecular formula is C22H22FN3O3. The second-order valence-electron chi connectivity index (χ2n) is 7.97. The molecule has 0 aromatic heterocycles. The van der Waals surface area contributed by atoms with Crippen molar-refractivity contribution >= 4 is 23.3 Å². The highest BCUT2D eigenvalue weighted by atomic mass is 19.1. The molecular weight excluding hydrogens is 373 g/mol. The number of carbonyl (C=O) groups excluding carboxylic acids is 2. The number of para-hydroxylation sites is 1. The second kappa shape index (κ2) is 6.84. The molecule has 3 aliphatic rings. The van der Waals surface area contributed by atoms with Gasteiger partial charge in [-0.05, 0) is 42.7 Å². The van der Waals surface area contributed by atoms with Crippen molar-refractivity contribution in [3.05, 3.63) is 59.9 Å². The van der Waals surface area contributed by atoms with E-state index in [1.54, 1.807) is 15.9 Å². The number of aliphatic hydroxyl groups is 1. The van der Waals surface area contributed by atoms with E-state index in [-0.39, 0.29) is 36.4 Å². The van der Waals surface area contributed by atoms with Crippen LogP contribution in [0.2, 0.25) is 0 Å². The fourth-order valence-electron chi connectivity index (χ4n) is 4.68. The maximum atomic E-state index is 13.5. The standard InChI is InChI=1S/C22H22FN3O3/c23-14-4-3-5-15(10-14)24-22(29)26-18-11-25(21(28)13-8-9-13)17-7-2-1-6-16(17)20(18)19(26)12-27/h1-7,10,13,18-20,27H,8-9,11-12H2,(H,24,29)/t18-,19-,20+/m0/s1. The lowest BCUT2D eigenvalue weighted by Gasteiger charge is -2.58. The van der Waals surface area contributed by atoms with Gasteiger partial charge < -0.3 is 20.2 Å². The normalized spacial score (nSPS) is 25.0. The summed E-state index contributed by atoms with van der Waals surface area (Å²) in [6.07, 6.45) is 1.82. The van der Waals surface area contributed by atoms with Crippen LogP contribution in [0.15, 0.2) is 48.5 Å². The Hall–Kier alpha value is -2.93. The third kappa shape index (κ3) is 2.97. The van der Waals surface area contributed by atoms with Crippen LogP contribution in [0.1, 0.15) is 24.3 Å². The molecule has 1 aliphatic carbocycles. The number of hydrogen-bond donors (Lipinski definition) is 2. The van der Waals surface area contributed by atoms with Crippen LogP contribution < -0.4 is 10.2 Å². The molecule has 0 bridgehead atoms. The molecule has 2 aliphatic heterocycles. The molecule has 5 rings (SSSR count). The smallest absolute Gasteiger partial charge is 0.322 e. The molecule has 1 saturated heterocycles. The highest BCUT2D eigenvalue weighted by molar-refractivity contribution is 5.99. The Labute approximate surface area is 167 Å². The van der Waals surface area contributed by atoms with Crippen molar-refractivity contribution in [2.24, 2.45) is 5.92 Å². The SMILES string of the molecule is O=C(C1CC1)N1C[C@H]2[C@@H](c3ccccc31)[C@H](CO)N2C(=O)Nc1cccc(F)c1. The summed E-state index contributed by atoms with van der Waals surface area (Å²) in [6, 6.07) is 12.5. The van der Waals surface area contributed by atoms with Crippen molar-refractivity contribution in [1.29, 1.82) is 0 Å². The maximum Gasteiger partial charge on any atom is 0.322 e. The van der Waals surface area contributed by atoms with Crippen LogP contribution in [-0.2, 0) is 4.79 Å². The molecule has 0 unspecified atom stereocenters. The molecule has 1 saturated carbocycles. The van der Waals surface area contributed by atoms with Crippen molar-refractivity contribution in [2.75, 3.05) is 23.4 Å². The number of halogens is 1. The molecule has 7 heteroatoms. The fourth-order valence-corrected chi connectivity index (χ4v) is 4.68. The topological polar surface area (TPSA) is 72.9 Å². The Kier molecular flexibility index (Phi) is 4.28. The van der Waals surface area contributed by atoms with E-state index in [9.17, 15) is 19.1 Å². The lowest BCUT2D eigenvalue weighted by atomic mass is 9.72. The summed E-state index contributed by atoms with van der Waals surface area (Å²) in [5, 5.41) is 12.7. The van der Waals surface area contributed by atoms with E-state index in [1.165, 1.54) is 18.2 Å². The van der Waals surface area contributed by atoms with E-state index in [0.717, 1.165) is 24.1 Å². The highest BCUT2D eigenvalue weighted by Crippen LogP contribution is 2.49. The Morgan fingerprint density at radius 2 is 1.93 bits per heavy atom. The predicted octanol–water partition coefficient (Wildman–Crippen LogP) is 2.94. The minimum absolute atomic E-state index is 0.0299. The zero-order valence-electron chi connectivity index (χ0n) is 15.8. The first kappa shape index (κ1) is 18.1. The summed E-state index contributed by atoms with van der Waals surface area (Å²) < 4.78 is 13.5. The number of fused-ring (bicyclic) bond motifs is 3. The molecule has 3 amide bonds. The first-order valence-electron chi connectivity index (χ1n) is 9.94. The second-order valence-corrected chi connectivity index (χ2v) is 7.97. The summed E-state index contributed by atoms with van der Waals surface area (Å²) >= 11 is 0. The Balaban J connectivity index is 1.44. The number of anilines is 2. The van der Waals surface area contributed by atoms with Crippen molar-refractivity contribution in [3.63, 3.8) is 0 Å². The minimum Gasteiger partial charge on any atom is -0.394 e. The van der Waals surface area contributed by atoms with Gasteiger partial charge in [-0.3, -0.25) is 4.79 Å². The minimum atomic E-state index is -0.434. The number of carbonyl (C=O) groups is 2. The summed E-state index contributed by atoms with van der Waals surface area (Å²) in [5.41, 5.74) is 2.23. The Morgan fingerprint density at radius 3 is 2.66 bits per heavy atom. The van der Waals surface area contributed by atoms with Gasteiger partial charge in [0.05, 0.1) is 18.7 Å². The van der Waals surface area contributed by atoms with Crippen molar-refractivity contribution < 1.29 is 19.1 Å². The summed E-state index contributed by atoms with van der Waals surface area (Å²) in [5.74, 6) is -0.287. The predicted molar refractivity (Wildman–Crippen MR) is 106 cm³/mol. The van der Waals surface area contributed by atoms with Crippen molar-refractivity contribution in [3.8, 4) is 0 Å². The van der Waals surface area contributed by atoms with E-state index >= 15 is 0 Å². The maximum absolute atomic E-state index is 13.5. The number of urea groups is 1. The lowest BCUT2D eigenvalue weighted by molar-refractivity contribution is -0.120. The van der Waals surface area contributed by atoms with E-state index in [0.29, 0.717) is 12.2 Å². The van der Waals surface area contributed by atoms with Gasteiger partial charge in [0.25, 0.3) is 0 Å². The summed E-state index contributed by atoms with van der Waals surface area (Å²) in [7, 11) is 0. The first-order valence-corrected chi connectivity index (χ1v) is 9.94. The number of nitrogens with zero attached hydrogens (tertiary/aromatic N) is 2. The van der Waals surface area contributed by atoms with Crippen LogP contribution in [0, 0.1) is 11.7 Å². The van der Waals surface area contributed by atoms with Gasteiger partial charge in [-0.15, -0.1) is 0 Å². The number of benzene rings is 2. The fraction of sp³-hybridized carbons (Fsp3) is 0.364. The number of hydrogen-bond acceptors (Lipinski definition) is 3. The average Bonchev–Trinajstić information content (AvgIpc) is 3.53. The molecule has 6 nitrogen and oxygen atoms in total. The van der Waals surface area contributed by atoms with Gasteiger partial charge in [0.2, 0.25) is 5.91 Å². The highest BCUT2D eigenvalue weighted by Gasteiger charge is 2.56. The van der Waals surface area contributed by atoms with E-state index in [1.807, 2.05) is 24.3 Å². The van der Waals surface area contributed by atoms with Crippen LogP contribution in [0.25, 0.3) is 0 Å². The van der Waals surface area contributed by atoms with Gasteiger partial charge in [0.15, 0.2) is 0 Å². The molecule has 29 heavy (non-hydrogen) atoms. The Morgan fingerprint density at radius 1 is 1.14 bits per heavy atom. The van der Waals surface area contributed by atoms with Gasteiger partial charge in [0, 0.05) is 29.8 Å². The van der Waals surface area contributed by atoms with Gasteiger partial charge >= 0.3 is 6.03 Å². The average molecular weight is 395 g/mol. The van der Waals surface area contributed by atoms with Crippen LogP contribution in [-0.4, -0.2) is 47.2 Å². The molecule has 2 fully saturated rings. The largest absolute Gasteiger partial charge is 0.394 e. The van der Waals surface area contributed by atoms with Crippen LogP contribution >= 0.6 is 0 Å². The molecule has 2 aromatic carbocycles. The van der Waals surface area contributed by atoms with Gasteiger partial charge in [-0.2, -0.15) is 0 Å². The van der Waals surface area contributed by atoms with Gasteiger partial charge in [-0.1, -0.05) is 24.3 Å². The number of aliphatic hydroxyl groups excluding tert-OH is 1. The lowest BCUT2D eigenvalue weighted by Crippen LogP contribution is -2.71. The monoisotopic (exact) mass is 395 g/mol. The number of nitrogens with one attached hydrogen (secondary N) is 1. The zero-order valence-corrected chi connectivity index (χ0v) is 15.8.